The molecule has 0 spiro atoms. The van der Waals surface area contributed by atoms with Gasteiger partial charge in [0.1, 0.15) is 11.8 Å². The molecule has 1 aliphatic heterocycles. The minimum absolute atomic E-state index is 0.115. The zero-order valence-corrected chi connectivity index (χ0v) is 19.5. The smallest absolute Gasteiger partial charge is 0.338 e. The quantitative estimate of drug-likeness (QED) is 0.305. The number of allylic oxidation sites excluding steroid dienone is 1. The van der Waals surface area contributed by atoms with Gasteiger partial charge in [0.25, 0.3) is 11.2 Å². The highest BCUT2D eigenvalue weighted by atomic mass is 32.1. The molecular formula is C24H21N3O6S. The SMILES string of the molecule is CCOC(=O)C1=C(C)n2c(s/c(=C\c3ccc(OC)cc3)c2=O)=N[C@@H]1c1cccc([N+](=O)[O-])c1. The van der Waals surface area contributed by atoms with Crippen molar-refractivity contribution >= 4 is 34.8 Å². The number of rotatable bonds is 6. The number of nitrogens with zero attached hydrogens (tertiary/aromatic N) is 3. The van der Waals surface area contributed by atoms with E-state index in [1.165, 1.54) is 28.0 Å². The summed E-state index contributed by atoms with van der Waals surface area (Å²) in [6.07, 6.45) is 1.74. The van der Waals surface area contributed by atoms with Crippen LogP contribution in [0.3, 0.4) is 0 Å². The number of nitro groups is 1. The summed E-state index contributed by atoms with van der Waals surface area (Å²) in [6.45, 7) is 3.47. The summed E-state index contributed by atoms with van der Waals surface area (Å²) in [5, 5.41) is 11.3. The first-order valence-electron chi connectivity index (χ1n) is 10.4. The molecule has 1 atom stereocenters. The van der Waals surface area contributed by atoms with Gasteiger partial charge in [0.05, 0.1) is 28.7 Å². The van der Waals surface area contributed by atoms with E-state index in [4.69, 9.17) is 9.47 Å². The Morgan fingerprint density at radius 1 is 1.26 bits per heavy atom. The third-order valence-electron chi connectivity index (χ3n) is 5.35. The number of fused-ring (bicyclic) bond motifs is 1. The van der Waals surface area contributed by atoms with Gasteiger partial charge in [-0.25, -0.2) is 9.79 Å². The second-order valence-corrected chi connectivity index (χ2v) is 8.42. The molecule has 2 heterocycles. The third kappa shape index (κ3) is 4.27. The predicted molar refractivity (Wildman–Crippen MR) is 127 cm³/mol. The van der Waals surface area contributed by atoms with Crippen LogP contribution in [0, 0.1) is 10.1 Å². The van der Waals surface area contributed by atoms with Gasteiger partial charge in [-0.05, 0) is 43.2 Å². The number of ether oxygens (including phenoxy) is 2. The van der Waals surface area contributed by atoms with Crippen LogP contribution in [0.25, 0.3) is 11.8 Å². The third-order valence-corrected chi connectivity index (χ3v) is 6.33. The van der Waals surface area contributed by atoms with Crippen molar-refractivity contribution in [2.45, 2.75) is 19.9 Å². The van der Waals surface area contributed by atoms with Gasteiger partial charge in [-0.3, -0.25) is 19.5 Å². The van der Waals surface area contributed by atoms with Crippen LogP contribution in [-0.4, -0.2) is 29.2 Å². The zero-order valence-electron chi connectivity index (χ0n) is 18.7. The van der Waals surface area contributed by atoms with Gasteiger partial charge in [-0.15, -0.1) is 0 Å². The van der Waals surface area contributed by atoms with Gasteiger partial charge in [0.2, 0.25) is 0 Å². The lowest BCUT2D eigenvalue weighted by Gasteiger charge is -2.22. The maximum absolute atomic E-state index is 13.2. The van der Waals surface area contributed by atoms with Crippen molar-refractivity contribution in [3.05, 3.63) is 95.0 Å². The number of nitro benzene ring substituents is 1. The Balaban J connectivity index is 1.92. The van der Waals surface area contributed by atoms with Crippen molar-refractivity contribution in [3.8, 4) is 5.75 Å². The number of carbonyl (C=O) groups excluding carboxylic acids is 1. The van der Waals surface area contributed by atoms with Crippen LogP contribution < -0.4 is 19.6 Å². The Bertz CT molecular complexity index is 1480. The van der Waals surface area contributed by atoms with Crippen molar-refractivity contribution in [2.24, 2.45) is 4.99 Å². The highest BCUT2D eigenvalue weighted by Crippen LogP contribution is 2.33. The zero-order chi connectivity index (χ0) is 24.4. The molecule has 0 amide bonds. The van der Waals surface area contributed by atoms with Crippen molar-refractivity contribution in [1.29, 1.82) is 0 Å². The molecule has 4 rings (SSSR count). The van der Waals surface area contributed by atoms with Crippen molar-refractivity contribution in [1.82, 2.24) is 4.57 Å². The summed E-state index contributed by atoms with van der Waals surface area (Å²) in [7, 11) is 1.58. The molecular weight excluding hydrogens is 458 g/mol. The van der Waals surface area contributed by atoms with Crippen LogP contribution >= 0.6 is 11.3 Å². The number of benzene rings is 2. The van der Waals surface area contributed by atoms with E-state index in [9.17, 15) is 19.7 Å². The molecule has 10 heteroatoms. The molecule has 174 valence electrons. The van der Waals surface area contributed by atoms with Crippen LogP contribution in [0.2, 0.25) is 0 Å². The summed E-state index contributed by atoms with van der Waals surface area (Å²) in [6, 6.07) is 12.4. The number of non-ortho nitro benzene ring substituents is 1. The Hall–Kier alpha value is -4.05. The molecule has 3 aromatic rings. The van der Waals surface area contributed by atoms with Gasteiger partial charge in [-0.2, -0.15) is 0 Å². The van der Waals surface area contributed by atoms with E-state index in [0.29, 0.717) is 26.3 Å². The molecule has 0 saturated carbocycles. The minimum Gasteiger partial charge on any atom is -0.497 e. The Morgan fingerprint density at radius 3 is 2.65 bits per heavy atom. The van der Waals surface area contributed by atoms with Gasteiger partial charge in [-0.1, -0.05) is 35.6 Å². The molecule has 1 aromatic heterocycles. The van der Waals surface area contributed by atoms with Gasteiger partial charge in [0, 0.05) is 17.8 Å². The molecule has 0 saturated heterocycles. The number of hydrogen-bond acceptors (Lipinski definition) is 8. The summed E-state index contributed by atoms with van der Waals surface area (Å²) in [4.78, 5) is 42.0. The van der Waals surface area contributed by atoms with Crippen molar-refractivity contribution in [3.63, 3.8) is 0 Å². The summed E-state index contributed by atoms with van der Waals surface area (Å²) in [5.74, 6) is 0.0803. The molecule has 34 heavy (non-hydrogen) atoms. The average Bonchev–Trinajstić information content (AvgIpc) is 3.14. The molecule has 0 bridgehead atoms. The number of carbonyl (C=O) groups is 1. The number of esters is 1. The van der Waals surface area contributed by atoms with Crippen molar-refractivity contribution in [2.75, 3.05) is 13.7 Å². The standard InChI is InChI=1S/C24H21N3O6S/c1-4-33-23(29)20-14(2)26-22(28)19(12-15-8-10-18(32-3)11-9-15)34-24(26)25-21(20)16-6-5-7-17(13-16)27(30)31/h5-13,21H,4H2,1-3H3/b19-12-/t21-/m1/s1. The fourth-order valence-electron chi connectivity index (χ4n) is 3.72. The highest BCUT2D eigenvalue weighted by Gasteiger charge is 2.32. The predicted octanol–water partition coefficient (Wildman–Crippen LogP) is 2.82. The van der Waals surface area contributed by atoms with Crippen LogP contribution in [0.1, 0.15) is 31.0 Å². The lowest BCUT2D eigenvalue weighted by molar-refractivity contribution is -0.384. The molecule has 0 aliphatic carbocycles. The van der Waals surface area contributed by atoms with Crippen LogP contribution in [0.5, 0.6) is 5.75 Å². The first-order valence-corrected chi connectivity index (χ1v) is 11.2. The van der Waals surface area contributed by atoms with E-state index < -0.39 is 16.9 Å². The highest BCUT2D eigenvalue weighted by molar-refractivity contribution is 7.07. The number of aromatic nitrogens is 1. The summed E-state index contributed by atoms with van der Waals surface area (Å²) in [5.41, 5.74) is 1.40. The van der Waals surface area contributed by atoms with E-state index in [-0.39, 0.29) is 23.4 Å². The molecule has 9 nitrogen and oxygen atoms in total. The van der Waals surface area contributed by atoms with Crippen molar-refractivity contribution < 1.29 is 19.2 Å². The number of thiazole rings is 1. The van der Waals surface area contributed by atoms with Crippen LogP contribution in [-0.2, 0) is 9.53 Å². The average molecular weight is 480 g/mol. The molecule has 0 radical (unpaired) electrons. The van der Waals surface area contributed by atoms with Gasteiger partial charge < -0.3 is 9.47 Å². The Morgan fingerprint density at radius 2 is 2.00 bits per heavy atom. The van der Waals surface area contributed by atoms with Crippen LogP contribution in [0.4, 0.5) is 5.69 Å². The van der Waals surface area contributed by atoms with E-state index in [1.807, 2.05) is 12.1 Å². The summed E-state index contributed by atoms with van der Waals surface area (Å²) >= 11 is 1.18. The lowest BCUT2D eigenvalue weighted by atomic mass is 9.96. The first-order chi connectivity index (χ1) is 16.3. The second-order valence-electron chi connectivity index (χ2n) is 7.41. The van der Waals surface area contributed by atoms with E-state index in [2.05, 4.69) is 4.99 Å². The minimum atomic E-state index is -0.842. The maximum atomic E-state index is 13.2. The molecule has 1 aliphatic rings. The monoisotopic (exact) mass is 479 g/mol. The molecule has 0 fully saturated rings. The first kappa shape index (κ1) is 23.1. The van der Waals surface area contributed by atoms with E-state index in [1.54, 1.807) is 51.3 Å². The summed E-state index contributed by atoms with van der Waals surface area (Å²) < 4.78 is 12.2. The van der Waals surface area contributed by atoms with Crippen LogP contribution in [0.15, 0.2) is 63.9 Å². The molecule has 2 aromatic carbocycles. The molecule has 0 unspecified atom stereocenters. The fraction of sp³-hybridized carbons (Fsp3) is 0.208. The van der Waals surface area contributed by atoms with E-state index in [0.717, 1.165) is 5.56 Å². The Kier molecular flexibility index (Phi) is 6.42. The largest absolute Gasteiger partial charge is 0.497 e. The number of methoxy groups -OCH3 is 1. The second kappa shape index (κ2) is 9.44. The van der Waals surface area contributed by atoms with E-state index >= 15 is 0 Å². The number of hydrogen-bond donors (Lipinski definition) is 0. The van der Waals surface area contributed by atoms with Gasteiger partial charge in [0.15, 0.2) is 4.80 Å². The Labute approximate surface area is 198 Å². The fourth-order valence-corrected chi connectivity index (χ4v) is 4.76. The normalized spacial score (nSPS) is 15.5. The van der Waals surface area contributed by atoms with Gasteiger partial charge >= 0.3 is 5.97 Å². The topological polar surface area (TPSA) is 113 Å². The maximum Gasteiger partial charge on any atom is 0.338 e. The molecule has 0 N–H and O–H groups in total. The lowest BCUT2D eigenvalue weighted by Crippen LogP contribution is -2.35.